The van der Waals surface area contributed by atoms with Crippen molar-refractivity contribution in [3.05, 3.63) is 71.4 Å². The molecule has 0 fully saturated rings. The first-order valence-corrected chi connectivity index (χ1v) is 9.02. The fourth-order valence-corrected chi connectivity index (χ4v) is 3.11. The van der Waals surface area contributed by atoms with Crippen molar-refractivity contribution in [2.45, 2.75) is 26.3 Å². The Kier molecular flexibility index (Phi) is 5.89. The fourth-order valence-electron chi connectivity index (χ4n) is 3.11. The van der Waals surface area contributed by atoms with Gasteiger partial charge in [0.15, 0.2) is 6.61 Å². The van der Waals surface area contributed by atoms with Crippen molar-refractivity contribution < 1.29 is 19.1 Å². The van der Waals surface area contributed by atoms with Crippen molar-refractivity contribution in [2.75, 3.05) is 11.9 Å². The largest absolute Gasteiger partial charge is 0.455 e. The smallest absolute Gasteiger partial charge is 0.308 e. The lowest BCUT2D eigenvalue weighted by Crippen LogP contribution is -2.33. The molecule has 0 saturated heterocycles. The molecule has 1 aliphatic rings. The Morgan fingerprint density at radius 1 is 1.07 bits per heavy atom. The lowest BCUT2D eigenvalue weighted by atomic mass is 9.94. The van der Waals surface area contributed by atoms with Gasteiger partial charge in [-0.2, -0.15) is 0 Å². The summed E-state index contributed by atoms with van der Waals surface area (Å²) in [5.74, 6) is -1.12. The molecule has 2 aromatic rings. The van der Waals surface area contributed by atoms with Crippen LogP contribution in [0.5, 0.6) is 0 Å². The number of carbonyl (C=O) groups excluding carboxylic acids is 3. The number of carbonyl (C=O) groups is 3. The molecular weight excluding hydrogens is 356 g/mol. The van der Waals surface area contributed by atoms with Crippen LogP contribution in [0.1, 0.15) is 36.1 Å². The number of fused-ring (bicyclic) bond motifs is 1. The van der Waals surface area contributed by atoms with Crippen LogP contribution in [-0.4, -0.2) is 29.3 Å². The summed E-state index contributed by atoms with van der Waals surface area (Å²) in [6, 6.07) is 14.5. The van der Waals surface area contributed by atoms with Crippen LogP contribution < -0.4 is 5.32 Å². The molecule has 0 aromatic heterocycles. The highest BCUT2D eigenvalue weighted by molar-refractivity contribution is 5.92. The molecule has 1 N–H and O–H groups in total. The van der Waals surface area contributed by atoms with E-state index in [9.17, 15) is 14.4 Å². The molecule has 28 heavy (non-hydrogen) atoms. The van der Waals surface area contributed by atoms with Crippen LogP contribution in [0.15, 0.2) is 54.7 Å². The normalized spacial score (nSPS) is 14.9. The second kappa shape index (κ2) is 8.52. The predicted octanol–water partition coefficient (Wildman–Crippen LogP) is 3.44. The molecular formula is C22H22N2O4. The van der Waals surface area contributed by atoms with Crippen LogP contribution >= 0.6 is 0 Å². The number of nitrogens with one attached hydrogen (secondary N) is 1. The third-order valence-electron chi connectivity index (χ3n) is 4.53. The van der Waals surface area contributed by atoms with Gasteiger partial charge in [0.2, 0.25) is 5.91 Å². The van der Waals surface area contributed by atoms with E-state index in [1.807, 2.05) is 49.4 Å². The van der Waals surface area contributed by atoms with Crippen LogP contribution in [0, 0.1) is 6.92 Å². The average molecular weight is 378 g/mol. The van der Waals surface area contributed by atoms with E-state index in [1.54, 1.807) is 18.3 Å². The lowest BCUT2D eigenvalue weighted by Gasteiger charge is -2.32. The van der Waals surface area contributed by atoms with Crippen molar-refractivity contribution in [1.29, 1.82) is 0 Å². The van der Waals surface area contributed by atoms with E-state index in [1.165, 1.54) is 11.8 Å². The van der Waals surface area contributed by atoms with Crippen LogP contribution in [0.4, 0.5) is 5.69 Å². The zero-order valence-corrected chi connectivity index (χ0v) is 15.8. The number of aryl methyl sites for hydroxylation is 1. The first-order chi connectivity index (χ1) is 13.4. The standard InChI is InChI=1S/C22H22N2O4/c1-15-7-9-18(10-8-15)23-21(26)14-28-22(27)13-20-19-6-4-3-5-17(19)11-12-24(20)16(2)25/h3-12,20H,13-14H2,1-2H3,(H,23,26). The van der Waals surface area contributed by atoms with Gasteiger partial charge >= 0.3 is 5.97 Å². The Morgan fingerprint density at radius 3 is 2.50 bits per heavy atom. The van der Waals surface area contributed by atoms with E-state index in [-0.39, 0.29) is 18.9 Å². The Bertz CT molecular complexity index is 918. The van der Waals surface area contributed by atoms with Crippen molar-refractivity contribution in [1.82, 2.24) is 4.90 Å². The monoisotopic (exact) mass is 378 g/mol. The fraction of sp³-hybridized carbons (Fsp3) is 0.227. The number of hydrogen-bond donors (Lipinski definition) is 1. The number of benzene rings is 2. The van der Waals surface area contributed by atoms with E-state index in [0.717, 1.165) is 16.7 Å². The minimum Gasteiger partial charge on any atom is -0.455 e. The molecule has 0 saturated carbocycles. The first-order valence-electron chi connectivity index (χ1n) is 9.02. The highest BCUT2D eigenvalue weighted by atomic mass is 16.5. The van der Waals surface area contributed by atoms with Crippen molar-refractivity contribution in [2.24, 2.45) is 0 Å². The van der Waals surface area contributed by atoms with Gasteiger partial charge in [-0.25, -0.2) is 0 Å². The molecule has 0 aliphatic carbocycles. The minimum atomic E-state index is -0.541. The second-order valence-corrected chi connectivity index (χ2v) is 6.67. The SMILES string of the molecule is CC(=O)N1C=Cc2ccccc2C1CC(=O)OCC(=O)Nc1ccc(C)cc1. The van der Waals surface area contributed by atoms with E-state index in [2.05, 4.69) is 5.32 Å². The Balaban J connectivity index is 1.60. The quantitative estimate of drug-likeness (QED) is 0.809. The summed E-state index contributed by atoms with van der Waals surface area (Å²) in [5.41, 5.74) is 3.55. The second-order valence-electron chi connectivity index (χ2n) is 6.67. The molecule has 0 radical (unpaired) electrons. The topological polar surface area (TPSA) is 75.7 Å². The van der Waals surface area contributed by atoms with E-state index < -0.39 is 17.9 Å². The van der Waals surface area contributed by atoms with Gasteiger partial charge in [-0.05, 0) is 36.3 Å². The number of esters is 1. The summed E-state index contributed by atoms with van der Waals surface area (Å²) < 4.78 is 5.13. The predicted molar refractivity (Wildman–Crippen MR) is 106 cm³/mol. The molecule has 1 heterocycles. The van der Waals surface area contributed by atoms with Crippen LogP contribution in [0.2, 0.25) is 0 Å². The van der Waals surface area contributed by atoms with E-state index >= 15 is 0 Å². The molecule has 0 bridgehead atoms. The molecule has 1 unspecified atom stereocenters. The molecule has 2 amide bonds. The summed E-state index contributed by atoms with van der Waals surface area (Å²) in [5, 5.41) is 2.68. The summed E-state index contributed by atoms with van der Waals surface area (Å²) in [6.07, 6.45) is 3.49. The summed E-state index contributed by atoms with van der Waals surface area (Å²) in [7, 11) is 0. The Morgan fingerprint density at radius 2 is 1.79 bits per heavy atom. The van der Waals surface area contributed by atoms with Gasteiger partial charge in [-0.15, -0.1) is 0 Å². The highest BCUT2D eigenvalue weighted by Crippen LogP contribution is 2.33. The molecule has 144 valence electrons. The van der Waals surface area contributed by atoms with Gasteiger partial charge in [0, 0.05) is 18.8 Å². The zero-order chi connectivity index (χ0) is 20.1. The third kappa shape index (κ3) is 4.65. The zero-order valence-electron chi connectivity index (χ0n) is 15.8. The van der Waals surface area contributed by atoms with E-state index in [0.29, 0.717) is 5.69 Å². The summed E-state index contributed by atoms with van der Waals surface area (Å²) in [6.45, 7) is 3.03. The minimum absolute atomic E-state index is 0.0290. The van der Waals surface area contributed by atoms with Crippen molar-refractivity contribution >= 4 is 29.5 Å². The maximum atomic E-state index is 12.3. The van der Waals surface area contributed by atoms with Crippen LogP contribution in [0.3, 0.4) is 0 Å². The molecule has 1 aliphatic heterocycles. The van der Waals surface area contributed by atoms with Crippen molar-refractivity contribution in [3.8, 4) is 0 Å². The van der Waals surface area contributed by atoms with Crippen LogP contribution in [-0.2, 0) is 19.1 Å². The molecule has 2 aromatic carbocycles. The lowest BCUT2D eigenvalue weighted by molar-refractivity contribution is -0.149. The first kappa shape index (κ1) is 19.4. The van der Waals surface area contributed by atoms with Gasteiger partial charge in [-0.3, -0.25) is 14.4 Å². The molecule has 1 atom stereocenters. The molecule has 6 nitrogen and oxygen atoms in total. The number of amides is 2. The third-order valence-corrected chi connectivity index (χ3v) is 4.53. The highest BCUT2D eigenvalue weighted by Gasteiger charge is 2.28. The maximum Gasteiger partial charge on any atom is 0.308 e. The summed E-state index contributed by atoms with van der Waals surface area (Å²) >= 11 is 0. The Hall–Kier alpha value is -3.41. The number of nitrogens with zero attached hydrogens (tertiary/aromatic N) is 1. The number of ether oxygens (including phenoxy) is 1. The van der Waals surface area contributed by atoms with Gasteiger partial charge in [0.05, 0.1) is 12.5 Å². The summed E-state index contributed by atoms with van der Waals surface area (Å²) in [4.78, 5) is 37.8. The van der Waals surface area contributed by atoms with Gasteiger partial charge in [-0.1, -0.05) is 42.0 Å². The molecule has 6 heteroatoms. The molecule has 0 spiro atoms. The van der Waals surface area contributed by atoms with Gasteiger partial charge in [0.25, 0.3) is 5.91 Å². The number of rotatable bonds is 5. The van der Waals surface area contributed by atoms with Gasteiger partial charge < -0.3 is 15.0 Å². The van der Waals surface area contributed by atoms with E-state index in [4.69, 9.17) is 4.74 Å². The van der Waals surface area contributed by atoms with Crippen molar-refractivity contribution in [3.63, 3.8) is 0 Å². The van der Waals surface area contributed by atoms with Gasteiger partial charge in [0.1, 0.15) is 0 Å². The Labute approximate surface area is 163 Å². The average Bonchev–Trinajstić information content (AvgIpc) is 2.68. The maximum absolute atomic E-state index is 12.3. The number of hydrogen-bond acceptors (Lipinski definition) is 4. The molecule has 3 rings (SSSR count). The van der Waals surface area contributed by atoms with Crippen LogP contribution in [0.25, 0.3) is 6.08 Å². The number of anilines is 1.